The van der Waals surface area contributed by atoms with Gasteiger partial charge in [0.2, 0.25) is 0 Å². The molecule has 1 atom stereocenters. The van der Waals surface area contributed by atoms with Crippen molar-refractivity contribution in [2.45, 2.75) is 45.4 Å². The molecule has 6 nitrogen and oxygen atoms in total. The third kappa shape index (κ3) is 4.60. The number of likely N-dealkylation sites (tertiary alicyclic amines) is 1. The number of ether oxygens (including phenoxy) is 2. The lowest BCUT2D eigenvalue weighted by atomic mass is 10.2. The molecular weight excluding hydrogens is 270 g/mol. The molecular formula is C15H23N3O3. The van der Waals surface area contributed by atoms with E-state index >= 15 is 0 Å². The SMILES string of the molecule is CC(C)(C)OC(=O)N1CCC(Oc2ccnc(CN)c2)C1. The molecule has 1 aliphatic heterocycles. The Kier molecular flexibility index (Phi) is 4.67. The summed E-state index contributed by atoms with van der Waals surface area (Å²) in [6, 6.07) is 3.63. The van der Waals surface area contributed by atoms with E-state index in [-0.39, 0.29) is 12.2 Å². The topological polar surface area (TPSA) is 77.7 Å². The highest BCUT2D eigenvalue weighted by Crippen LogP contribution is 2.20. The fraction of sp³-hybridized carbons (Fsp3) is 0.600. The van der Waals surface area contributed by atoms with Crippen molar-refractivity contribution in [3.05, 3.63) is 24.0 Å². The van der Waals surface area contributed by atoms with Gasteiger partial charge in [0.15, 0.2) is 0 Å². The van der Waals surface area contributed by atoms with Gasteiger partial charge >= 0.3 is 6.09 Å². The lowest BCUT2D eigenvalue weighted by Gasteiger charge is -2.24. The molecule has 0 aromatic carbocycles. The van der Waals surface area contributed by atoms with E-state index in [2.05, 4.69) is 4.98 Å². The molecule has 1 fully saturated rings. The third-order valence-corrected chi connectivity index (χ3v) is 3.10. The average molecular weight is 293 g/mol. The summed E-state index contributed by atoms with van der Waals surface area (Å²) in [6.45, 7) is 7.15. The Bertz CT molecular complexity index is 499. The number of aromatic nitrogens is 1. The second-order valence-corrected chi connectivity index (χ2v) is 6.14. The van der Waals surface area contributed by atoms with Crippen LogP contribution in [0.5, 0.6) is 5.75 Å². The van der Waals surface area contributed by atoms with E-state index in [1.54, 1.807) is 17.2 Å². The number of rotatable bonds is 3. The Hall–Kier alpha value is -1.82. The first-order valence-corrected chi connectivity index (χ1v) is 7.17. The molecule has 1 saturated heterocycles. The highest BCUT2D eigenvalue weighted by atomic mass is 16.6. The normalized spacial score (nSPS) is 18.7. The fourth-order valence-electron chi connectivity index (χ4n) is 2.15. The van der Waals surface area contributed by atoms with Gasteiger partial charge in [0, 0.05) is 31.8 Å². The molecule has 116 valence electrons. The third-order valence-electron chi connectivity index (χ3n) is 3.10. The van der Waals surface area contributed by atoms with Gasteiger partial charge in [0.25, 0.3) is 0 Å². The summed E-state index contributed by atoms with van der Waals surface area (Å²) in [5.41, 5.74) is 5.87. The van der Waals surface area contributed by atoms with E-state index < -0.39 is 5.60 Å². The van der Waals surface area contributed by atoms with E-state index in [4.69, 9.17) is 15.2 Å². The van der Waals surface area contributed by atoms with Gasteiger partial charge in [-0.15, -0.1) is 0 Å². The van der Waals surface area contributed by atoms with Crippen LogP contribution in [0.25, 0.3) is 0 Å². The summed E-state index contributed by atoms with van der Waals surface area (Å²) in [5.74, 6) is 0.737. The number of pyridine rings is 1. The molecule has 0 saturated carbocycles. The molecule has 2 rings (SSSR count). The fourth-order valence-corrected chi connectivity index (χ4v) is 2.15. The monoisotopic (exact) mass is 293 g/mol. The Morgan fingerprint density at radius 3 is 2.95 bits per heavy atom. The van der Waals surface area contributed by atoms with Gasteiger partial charge in [-0.1, -0.05) is 0 Å². The number of carbonyl (C=O) groups excluding carboxylic acids is 1. The highest BCUT2D eigenvalue weighted by molar-refractivity contribution is 5.68. The van der Waals surface area contributed by atoms with Crippen LogP contribution in [-0.2, 0) is 11.3 Å². The minimum atomic E-state index is -0.475. The first-order chi connectivity index (χ1) is 9.87. The van der Waals surface area contributed by atoms with Crippen molar-refractivity contribution >= 4 is 6.09 Å². The number of nitrogens with zero attached hydrogens (tertiary/aromatic N) is 2. The van der Waals surface area contributed by atoms with Crippen molar-refractivity contribution < 1.29 is 14.3 Å². The molecule has 6 heteroatoms. The van der Waals surface area contributed by atoms with Crippen LogP contribution in [0.4, 0.5) is 4.79 Å². The van der Waals surface area contributed by atoms with Crippen molar-refractivity contribution in [1.82, 2.24) is 9.88 Å². The van der Waals surface area contributed by atoms with Gasteiger partial charge in [-0.25, -0.2) is 4.79 Å². The van der Waals surface area contributed by atoms with Crippen molar-refractivity contribution in [3.8, 4) is 5.75 Å². The van der Waals surface area contributed by atoms with Crippen LogP contribution < -0.4 is 10.5 Å². The second-order valence-electron chi connectivity index (χ2n) is 6.14. The van der Waals surface area contributed by atoms with Gasteiger partial charge in [-0.2, -0.15) is 0 Å². The summed E-state index contributed by atoms with van der Waals surface area (Å²) in [6.07, 6.45) is 2.16. The van der Waals surface area contributed by atoms with Crippen LogP contribution >= 0.6 is 0 Å². The van der Waals surface area contributed by atoms with E-state index in [0.29, 0.717) is 19.6 Å². The lowest BCUT2D eigenvalue weighted by Crippen LogP contribution is -2.36. The number of carbonyl (C=O) groups is 1. The van der Waals surface area contributed by atoms with Crippen molar-refractivity contribution in [1.29, 1.82) is 0 Å². The van der Waals surface area contributed by atoms with E-state index in [9.17, 15) is 4.79 Å². The second kappa shape index (κ2) is 6.30. The first kappa shape index (κ1) is 15.6. The predicted molar refractivity (Wildman–Crippen MR) is 79.0 cm³/mol. The standard InChI is InChI=1S/C15H23N3O3/c1-15(2,3)21-14(19)18-7-5-13(10-18)20-12-4-6-17-11(8-12)9-16/h4,6,8,13H,5,7,9-10,16H2,1-3H3. The molecule has 2 heterocycles. The highest BCUT2D eigenvalue weighted by Gasteiger charge is 2.30. The van der Waals surface area contributed by atoms with Crippen molar-refractivity contribution in [2.24, 2.45) is 5.73 Å². The van der Waals surface area contributed by atoms with Crippen LogP contribution in [0.1, 0.15) is 32.9 Å². The summed E-state index contributed by atoms with van der Waals surface area (Å²) >= 11 is 0. The molecule has 1 aromatic rings. The zero-order valence-corrected chi connectivity index (χ0v) is 12.8. The molecule has 1 aliphatic rings. The lowest BCUT2D eigenvalue weighted by molar-refractivity contribution is 0.0275. The van der Waals surface area contributed by atoms with Gasteiger partial charge in [0.05, 0.1) is 12.2 Å². The Labute approximate surface area is 125 Å². The molecule has 0 spiro atoms. The van der Waals surface area contributed by atoms with Crippen LogP contribution in [-0.4, -0.2) is 40.8 Å². The number of hydrogen-bond donors (Lipinski definition) is 1. The smallest absolute Gasteiger partial charge is 0.410 e. The van der Waals surface area contributed by atoms with Crippen molar-refractivity contribution in [3.63, 3.8) is 0 Å². The van der Waals surface area contributed by atoms with Crippen molar-refractivity contribution in [2.75, 3.05) is 13.1 Å². The van der Waals surface area contributed by atoms with Gasteiger partial charge < -0.3 is 20.1 Å². The number of nitrogens with two attached hydrogens (primary N) is 1. The molecule has 1 aromatic heterocycles. The van der Waals surface area contributed by atoms with E-state index in [1.165, 1.54) is 0 Å². The maximum absolute atomic E-state index is 12.0. The molecule has 0 bridgehead atoms. The Balaban J connectivity index is 1.89. The molecule has 21 heavy (non-hydrogen) atoms. The summed E-state index contributed by atoms with van der Waals surface area (Å²) in [7, 11) is 0. The predicted octanol–water partition coefficient (Wildman–Crippen LogP) is 1.93. The Morgan fingerprint density at radius 1 is 1.52 bits per heavy atom. The van der Waals surface area contributed by atoms with Crippen LogP contribution in [0, 0.1) is 0 Å². The van der Waals surface area contributed by atoms with Gasteiger partial charge in [0.1, 0.15) is 17.5 Å². The molecule has 0 radical (unpaired) electrons. The van der Waals surface area contributed by atoms with Gasteiger partial charge in [-0.3, -0.25) is 4.98 Å². The minimum Gasteiger partial charge on any atom is -0.488 e. The molecule has 2 N–H and O–H groups in total. The van der Waals surface area contributed by atoms with E-state index in [1.807, 2.05) is 26.8 Å². The molecule has 1 amide bonds. The maximum atomic E-state index is 12.0. The minimum absolute atomic E-state index is 0.0226. The van der Waals surface area contributed by atoms with Crippen LogP contribution in [0.3, 0.4) is 0 Å². The van der Waals surface area contributed by atoms with Crippen LogP contribution in [0.2, 0.25) is 0 Å². The number of amides is 1. The van der Waals surface area contributed by atoms with Crippen LogP contribution in [0.15, 0.2) is 18.3 Å². The summed E-state index contributed by atoms with van der Waals surface area (Å²) < 4.78 is 11.2. The largest absolute Gasteiger partial charge is 0.488 e. The number of hydrogen-bond acceptors (Lipinski definition) is 5. The zero-order chi connectivity index (χ0) is 15.5. The molecule has 0 aliphatic carbocycles. The average Bonchev–Trinajstić information content (AvgIpc) is 2.85. The van der Waals surface area contributed by atoms with Gasteiger partial charge in [-0.05, 0) is 26.8 Å². The molecule has 1 unspecified atom stereocenters. The summed E-state index contributed by atoms with van der Waals surface area (Å²) in [4.78, 5) is 17.8. The van der Waals surface area contributed by atoms with E-state index in [0.717, 1.165) is 17.9 Å². The summed E-state index contributed by atoms with van der Waals surface area (Å²) in [5, 5.41) is 0. The maximum Gasteiger partial charge on any atom is 0.410 e. The zero-order valence-electron chi connectivity index (χ0n) is 12.8. The quantitative estimate of drug-likeness (QED) is 0.921. The Morgan fingerprint density at radius 2 is 2.29 bits per heavy atom. The first-order valence-electron chi connectivity index (χ1n) is 7.17.